The maximum Gasteiger partial charge on any atom is 0.267 e. The molecule has 0 bridgehead atoms. The number of aromatic nitrogens is 2. The van der Waals surface area contributed by atoms with Crippen LogP contribution in [0, 0.1) is 0 Å². The Labute approximate surface area is 195 Å². The molecule has 32 heavy (non-hydrogen) atoms. The molecule has 0 radical (unpaired) electrons. The van der Waals surface area contributed by atoms with E-state index in [0.717, 1.165) is 37.8 Å². The highest BCUT2D eigenvalue weighted by molar-refractivity contribution is 7.98. The van der Waals surface area contributed by atoms with Crippen molar-refractivity contribution in [2.45, 2.75) is 43.4 Å². The number of thioether (sulfide) groups is 1. The molecule has 1 aliphatic rings. The highest BCUT2D eigenvalue weighted by atomic mass is 32.2. The van der Waals surface area contributed by atoms with Crippen molar-refractivity contribution < 1.29 is 9.47 Å². The van der Waals surface area contributed by atoms with Gasteiger partial charge in [0.15, 0.2) is 5.16 Å². The van der Waals surface area contributed by atoms with Gasteiger partial charge in [0, 0.05) is 17.1 Å². The van der Waals surface area contributed by atoms with Gasteiger partial charge in [0.1, 0.15) is 10.6 Å². The number of ether oxygens (including phenoxy) is 2. The Kier molecular flexibility index (Phi) is 5.57. The van der Waals surface area contributed by atoms with Crippen LogP contribution < -0.4 is 10.3 Å². The Morgan fingerprint density at radius 3 is 2.62 bits per heavy atom. The van der Waals surface area contributed by atoms with E-state index in [1.54, 1.807) is 34.8 Å². The van der Waals surface area contributed by atoms with E-state index in [2.05, 4.69) is 26.0 Å². The van der Waals surface area contributed by atoms with Crippen molar-refractivity contribution in [2.24, 2.45) is 0 Å². The summed E-state index contributed by atoms with van der Waals surface area (Å²) in [6.07, 6.45) is 0.707. The number of methoxy groups -OCH3 is 1. The minimum atomic E-state index is -0.293. The molecule has 0 N–H and O–H groups in total. The quantitative estimate of drug-likeness (QED) is 0.284. The van der Waals surface area contributed by atoms with Gasteiger partial charge in [-0.1, -0.05) is 42.1 Å². The van der Waals surface area contributed by atoms with Gasteiger partial charge in [-0.2, -0.15) is 0 Å². The largest absolute Gasteiger partial charge is 0.497 e. The smallest absolute Gasteiger partial charge is 0.267 e. The summed E-state index contributed by atoms with van der Waals surface area (Å²) < 4.78 is 13.0. The summed E-state index contributed by atoms with van der Waals surface area (Å²) in [4.78, 5) is 20.8. The highest BCUT2D eigenvalue weighted by Crippen LogP contribution is 2.38. The molecule has 5 nitrogen and oxygen atoms in total. The number of rotatable bonds is 5. The molecule has 0 amide bonds. The molecule has 2 aromatic heterocycles. The van der Waals surface area contributed by atoms with Crippen molar-refractivity contribution in [1.82, 2.24) is 9.55 Å². The fraction of sp³-hybridized carbons (Fsp3) is 0.280. The topological polar surface area (TPSA) is 53.4 Å². The summed E-state index contributed by atoms with van der Waals surface area (Å²) in [6.45, 7) is 4.66. The van der Waals surface area contributed by atoms with Crippen molar-refractivity contribution >= 4 is 33.3 Å². The van der Waals surface area contributed by atoms with Crippen LogP contribution in [0.4, 0.5) is 0 Å². The molecule has 2 aromatic carbocycles. The van der Waals surface area contributed by atoms with Crippen LogP contribution in [0.1, 0.15) is 29.9 Å². The zero-order chi connectivity index (χ0) is 22.3. The van der Waals surface area contributed by atoms with Crippen molar-refractivity contribution in [1.29, 1.82) is 0 Å². The molecule has 7 heteroatoms. The van der Waals surface area contributed by atoms with Crippen molar-refractivity contribution in [3.05, 3.63) is 81.0 Å². The average molecular weight is 465 g/mol. The Morgan fingerprint density at radius 1 is 1.16 bits per heavy atom. The van der Waals surface area contributed by atoms with E-state index in [9.17, 15) is 4.79 Å². The fourth-order valence-corrected chi connectivity index (χ4v) is 6.06. The molecule has 0 saturated carbocycles. The molecular weight excluding hydrogens is 440 g/mol. The van der Waals surface area contributed by atoms with Gasteiger partial charge in [0.05, 0.1) is 30.4 Å². The number of hydrogen-bond acceptors (Lipinski definition) is 6. The molecule has 0 saturated heterocycles. The molecule has 164 valence electrons. The monoisotopic (exact) mass is 464 g/mol. The standard InChI is InChI=1S/C25H24N2O3S2/c1-25(2)13-19-20(14-30-25)32-22-21(19)23(28)27(17-9-11-18(29-3)12-10-17)24(26-22)31-15-16-7-5-4-6-8-16/h4-12H,13-15H2,1-3H3. The van der Waals surface area contributed by atoms with Gasteiger partial charge < -0.3 is 9.47 Å². The van der Waals surface area contributed by atoms with Crippen molar-refractivity contribution in [2.75, 3.05) is 7.11 Å². The summed E-state index contributed by atoms with van der Waals surface area (Å²) in [5.74, 6) is 1.48. The van der Waals surface area contributed by atoms with E-state index in [-0.39, 0.29) is 11.2 Å². The number of fused-ring (bicyclic) bond motifs is 3. The second-order valence-corrected chi connectivity index (χ2v) is 10.4. The maximum atomic E-state index is 13.9. The van der Waals surface area contributed by atoms with Crippen molar-refractivity contribution in [3.63, 3.8) is 0 Å². The number of nitrogens with zero attached hydrogens (tertiary/aromatic N) is 2. The lowest BCUT2D eigenvalue weighted by atomic mass is 9.94. The predicted molar refractivity (Wildman–Crippen MR) is 130 cm³/mol. The SMILES string of the molecule is COc1ccc(-n2c(SCc3ccccc3)nc3sc4c(c3c2=O)CC(C)(C)OC4)cc1. The molecule has 0 unspecified atom stereocenters. The third-order valence-corrected chi connectivity index (χ3v) is 7.72. The first-order chi connectivity index (χ1) is 15.4. The summed E-state index contributed by atoms with van der Waals surface area (Å²) in [5, 5.41) is 1.41. The minimum Gasteiger partial charge on any atom is -0.497 e. The zero-order valence-electron chi connectivity index (χ0n) is 18.3. The summed E-state index contributed by atoms with van der Waals surface area (Å²) in [6, 6.07) is 17.8. The van der Waals surface area contributed by atoms with E-state index in [1.165, 1.54) is 5.56 Å². The second-order valence-electron chi connectivity index (χ2n) is 8.42. The van der Waals surface area contributed by atoms with Gasteiger partial charge in [-0.05, 0) is 49.2 Å². The van der Waals surface area contributed by atoms with Gasteiger partial charge in [0.2, 0.25) is 0 Å². The molecule has 3 heterocycles. The first-order valence-electron chi connectivity index (χ1n) is 10.5. The lowest BCUT2D eigenvalue weighted by Gasteiger charge is -2.29. The van der Waals surface area contributed by atoms with Gasteiger partial charge in [0.25, 0.3) is 5.56 Å². The van der Waals surface area contributed by atoms with Gasteiger partial charge >= 0.3 is 0 Å². The molecular formula is C25H24N2O3S2. The minimum absolute atomic E-state index is 0.0223. The van der Waals surface area contributed by atoms with Gasteiger partial charge in [-0.15, -0.1) is 11.3 Å². The molecule has 5 rings (SSSR count). The summed E-state index contributed by atoms with van der Waals surface area (Å²) in [5.41, 5.74) is 2.74. The van der Waals surface area contributed by atoms with Crippen LogP contribution in [-0.4, -0.2) is 22.3 Å². The average Bonchev–Trinajstić information content (AvgIpc) is 3.15. The molecule has 0 atom stereocenters. The van der Waals surface area contributed by atoms with Crippen LogP contribution in [0.2, 0.25) is 0 Å². The highest BCUT2D eigenvalue weighted by Gasteiger charge is 2.31. The van der Waals surface area contributed by atoms with Crippen LogP contribution >= 0.6 is 23.1 Å². The number of thiophene rings is 1. The van der Waals surface area contributed by atoms with E-state index in [0.29, 0.717) is 18.2 Å². The van der Waals surface area contributed by atoms with E-state index in [1.807, 2.05) is 42.5 Å². The van der Waals surface area contributed by atoms with Crippen molar-refractivity contribution in [3.8, 4) is 11.4 Å². The third-order valence-electron chi connectivity index (χ3n) is 5.62. The molecule has 1 aliphatic heterocycles. The van der Waals surface area contributed by atoms with Crippen LogP contribution in [0.3, 0.4) is 0 Å². The van der Waals surface area contributed by atoms with Crippen LogP contribution in [0.25, 0.3) is 15.9 Å². The number of benzene rings is 2. The Balaban J connectivity index is 1.67. The Bertz CT molecular complexity index is 1330. The normalized spacial score (nSPS) is 15.0. The van der Waals surface area contributed by atoms with E-state index >= 15 is 0 Å². The van der Waals surface area contributed by atoms with E-state index in [4.69, 9.17) is 14.5 Å². The predicted octanol–water partition coefficient (Wildman–Crippen LogP) is 5.60. The summed E-state index contributed by atoms with van der Waals surface area (Å²) >= 11 is 3.15. The Hall–Kier alpha value is -2.61. The molecule has 0 spiro atoms. The van der Waals surface area contributed by atoms with Gasteiger partial charge in [-0.25, -0.2) is 4.98 Å². The third kappa shape index (κ3) is 3.96. The van der Waals surface area contributed by atoms with Gasteiger partial charge in [-0.3, -0.25) is 9.36 Å². The maximum absolute atomic E-state index is 13.9. The second kappa shape index (κ2) is 8.39. The fourth-order valence-electron chi connectivity index (χ4n) is 3.95. The van der Waals surface area contributed by atoms with Crippen LogP contribution in [0.15, 0.2) is 64.5 Å². The molecule has 0 aliphatic carbocycles. The lowest BCUT2D eigenvalue weighted by Crippen LogP contribution is -2.32. The first kappa shape index (κ1) is 21.2. The molecule has 0 fully saturated rings. The molecule has 4 aromatic rings. The lowest BCUT2D eigenvalue weighted by molar-refractivity contribution is -0.0379. The van der Waals surface area contributed by atoms with Crippen LogP contribution in [-0.2, 0) is 23.5 Å². The number of hydrogen-bond donors (Lipinski definition) is 0. The first-order valence-corrected chi connectivity index (χ1v) is 12.3. The summed E-state index contributed by atoms with van der Waals surface area (Å²) in [7, 11) is 1.64. The van der Waals surface area contributed by atoms with Crippen LogP contribution in [0.5, 0.6) is 5.75 Å². The zero-order valence-corrected chi connectivity index (χ0v) is 19.9. The van der Waals surface area contributed by atoms with E-state index < -0.39 is 0 Å². The Morgan fingerprint density at radius 2 is 1.91 bits per heavy atom.